The van der Waals surface area contributed by atoms with Gasteiger partial charge in [-0.15, -0.1) is 0 Å². The molecule has 0 saturated heterocycles. The number of benzene rings is 2. The largest absolute Gasteiger partial charge is 0.497 e. The van der Waals surface area contributed by atoms with Crippen molar-refractivity contribution in [2.24, 2.45) is 0 Å². The van der Waals surface area contributed by atoms with E-state index in [1.165, 1.54) is 6.92 Å². The number of rotatable bonds is 8. The summed E-state index contributed by atoms with van der Waals surface area (Å²) in [6.45, 7) is 5.98. The normalized spacial score (nSPS) is 10.7. The Kier molecular flexibility index (Phi) is 6.67. The van der Waals surface area contributed by atoms with E-state index in [1.54, 1.807) is 17.9 Å². The van der Waals surface area contributed by atoms with Gasteiger partial charge in [-0.25, -0.2) is 0 Å². The van der Waals surface area contributed by atoms with Gasteiger partial charge in [0.15, 0.2) is 11.5 Å². The molecule has 2 aromatic carbocycles. The van der Waals surface area contributed by atoms with Crippen LogP contribution in [-0.2, 0) is 19.4 Å². The molecule has 1 N–H and O–H groups in total. The summed E-state index contributed by atoms with van der Waals surface area (Å²) in [5.41, 5.74) is 4.57. The number of nitrogens with zero attached hydrogens (tertiary/aromatic N) is 2. The molecule has 1 heterocycles. The van der Waals surface area contributed by atoms with Gasteiger partial charge in [0, 0.05) is 18.7 Å². The molecule has 6 heteroatoms. The molecule has 0 unspecified atom stereocenters. The second-order valence-electron chi connectivity index (χ2n) is 7.09. The molecular weight excluding hydrogens is 378 g/mol. The van der Waals surface area contributed by atoms with Crippen molar-refractivity contribution in [3.05, 3.63) is 76.6 Å². The van der Waals surface area contributed by atoms with Crippen LogP contribution >= 0.6 is 0 Å². The summed E-state index contributed by atoms with van der Waals surface area (Å²) in [5, 5.41) is 7.44. The summed E-state index contributed by atoms with van der Waals surface area (Å²) in [4.78, 5) is 25.1. The molecule has 0 saturated carbocycles. The zero-order chi connectivity index (χ0) is 21.7. The molecule has 0 aliphatic heterocycles. The van der Waals surface area contributed by atoms with Crippen LogP contribution in [0, 0.1) is 0 Å². The fourth-order valence-electron chi connectivity index (χ4n) is 3.42. The Bertz CT molecular complexity index is 1030. The number of amides is 1. The lowest BCUT2D eigenvalue weighted by Gasteiger charge is -2.13. The maximum absolute atomic E-state index is 13.0. The fourth-order valence-corrected chi connectivity index (χ4v) is 3.42. The zero-order valence-corrected chi connectivity index (χ0v) is 17.9. The molecule has 0 radical (unpaired) electrons. The second-order valence-corrected chi connectivity index (χ2v) is 7.09. The monoisotopic (exact) mass is 405 g/mol. The van der Waals surface area contributed by atoms with Crippen molar-refractivity contribution < 1.29 is 14.3 Å². The third-order valence-electron chi connectivity index (χ3n) is 5.10. The van der Waals surface area contributed by atoms with E-state index >= 15 is 0 Å². The van der Waals surface area contributed by atoms with Crippen molar-refractivity contribution in [1.29, 1.82) is 0 Å². The van der Waals surface area contributed by atoms with E-state index in [9.17, 15) is 9.59 Å². The minimum Gasteiger partial charge on any atom is -0.497 e. The van der Waals surface area contributed by atoms with Gasteiger partial charge in [-0.3, -0.25) is 14.3 Å². The van der Waals surface area contributed by atoms with Crippen LogP contribution in [0.2, 0.25) is 0 Å². The predicted molar refractivity (Wildman–Crippen MR) is 117 cm³/mol. The highest BCUT2D eigenvalue weighted by Gasteiger charge is 2.19. The summed E-state index contributed by atoms with van der Waals surface area (Å²) >= 11 is 0. The molecule has 0 fully saturated rings. The van der Waals surface area contributed by atoms with Crippen molar-refractivity contribution in [2.75, 3.05) is 12.4 Å². The minimum atomic E-state index is -0.318. The van der Waals surface area contributed by atoms with Crippen LogP contribution in [0.3, 0.4) is 0 Å². The molecule has 156 valence electrons. The number of carbonyl (C=O) groups is 2. The Morgan fingerprint density at radius 1 is 1.03 bits per heavy atom. The average Bonchev–Trinajstić information content (AvgIpc) is 3.18. The lowest BCUT2D eigenvalue weighted by Crippen LogP contribution is -2.16. The number of para-hydroxylation sites is 1. The van der Waals surface area contributed by atoms with Gasteiger partial charge >= 0.3 is 0 Å². The number of aromatic nitrogens is 2. The SMILES string of the molecule is CCc1cccc(CC)c1NC(=O)c1cc(C(C)=O)n(Cc2ccc(OC)cc2)n1. The molecule has 30 heavy (non-hydrogen) atoms. The number of aryl methyl sites for hydroxylation is 2. The van der Waals surface area contributed by atoms with E-state index in [2.05, 4.69) is 24.3 Å². The van der Waals surface area contributed by atoms with Gasteiger partial charge in [0.25, 0.3) is 5.91 Å². The molecule has 6 nitrogen and oxygen atoms in total. The van der Waals surface area contributed by atoms with Gasteiger partial charge in [0.05, 0.1) is 13.7 Å². The first-order valence-electron chi connectivity index (χ1n) is 10.1. The van der Waals surface area contributed by atoms with Crippen LogP contribution in [0.5, 0.6) is 5.75 Å². The first-order chi connectivity index (χ1) is 14.5. The van der Waals surface area contributed by atoms with E-state index < -0.39 is 0 Å². The maximum Gasteiger partial charge on any atom is 0.276 e. The number of ether oxygens (including phenoxy) is 1. The fraction of sp³-hybridized carbons (Fsp3) is 0.292. The highest BCUT2D eigenvalue weighted by molar-refractivity contribution is 6.05. The van der Waals surface area contributed by atoms with E-state index in [-0.39, 0.29) is 17.4 Å². The number of methoxy groups -OCH3 is 1. The lowest BCUT2D eigenvalue weighted by atomic mass is 10.0. The van der Waals surface area contributed by atoms with Gasteiger partial charge < -0.3 is 10.1 Å². The third kappa shape index (κ3) is 4.59. The summed E-state index contributed by atoms with van der Waals surface area (Å²) in [6, 6.07) is 15.1. The van der Waals surface area contributed by atoms with Gasteiger partial charge in [-0.05, 0) is 41.7 Å². The molecule has 0 aliphatic carbocycles. The van der Waals surface area contributed by atoms with Gasteiger partial charge in [-0.2, -0.15) is 5.10 Å². The molecule has 0 bridgehead atoms. The first kappa shape index (κ1) is 21.3. The second kappa shape index (κ2) is 9.39. The molecule has 0 atom stereocenters. The van der Waals surface area contributed by atoms with Crippen molar-refractivity contribution in [1.82, 2.24) is 9.78 Å². The molecule has 1 amide bonds. The first-order valence-corrected chi connectivity index (χ1v) is 10.1. The number of hydrogen-bond donors (Lipinski definition) is 1. The number of carbonyl (C=O) groups excluding carboxylic acids is 2. The minimum absolute atomic E-state index is 0.140. The smallest absolute Gasteiger partial charge is 0.276 e. The standard InChI is InChI=1S/C24H27N3O3/c1-5-18-8-7-9-19(6-2)23(18)25-24(29)21-14-22(16(3)28)27(26-21)15-17-10-12-20(30-4)13-11-17/h7-14H,5-6,15H2,1-4H3,(H,25,29). The van der Waals surface area contributed by atoms with Gasteiger partial charge in [-0.1, -0.05) is 44.2 Å². The predicted octanol–water partition coefficient (Wildman–Crippen LogP) is 4.52. The highest BCUT2D eigenvalue weighted by atomic mass is 16.5. The topological polar surface area (TPSA) is 73.2 Å². The Morgan fingerprint density at radius 2 is 1.67 bits per heavy atom. The molecule has 1 aromatic heterocycles. The lowest BCUT2D eigenvalue weighted by molar-refractivity contribution is 0.1000. The van der Waals surface area contributed by atoms with E-state index in [0.29, 0.717) is 12.2 Å². The Balaban J connectivity index is 1.89. The Labute approximate surface area is 176 Å². The summed E-state index contributed by atoms with van der Waals surface area (Å²) in [7, 11) is 1.61. The number of anilines is 1. The highest BCUT2D eigenvalue weighted by Crippen LogP contribution is 2.23. The number of ketones is 1. The van der Waals surface area contributed by atoms with Crippen molar-refractivity contribution in [2.45, 2.75) is 40.2 Å². The summed E-state index contributed by atoms with van der Waals surface area (Å²) < 4.78 is 6.76. The van der Waals surface area contributed by atoms with Crippen molar-refractivity contribution in [3.8, 4) is 5.75 Å². The Hall–Kier alpha value is -3.41. The van der Waals surface area contributed by atoms with Crippen LogP contribution in [0.1, 0.15) is 58.4 Å². The van der Waals surface area contributed by atoms with Crippen molar-refractivity contribution in [3.63, 3.8) is 0 Å². The van der Waals surface area contributed by atoms with E-state index in [4.69, 9.17) is 4.74 Å². The van der Waals surface area contributed by atoms with Crippen LogP contribution in [0.25, 0.3) is 0 Å². The van der Waals surface area contributed by atoms with Crippen LogP contribution < -0.4 is 10.1 Å². The van der Waals surface area contributed by atoms with Crippen LogP contribution in [-0.4, -0.2) is 28.6 Å². The van der Waals surface area contributed by atoms with Crippen molar-refractivity contribution >= 4 is 17.4 Å². The number of nitrogens with one attached hydrogen (secondary N) is 1. The molecule has 0 aliphatic rings. The summed E-state index contributed by atoms with van der Waals surface area (Å²) in [5.74, 6) is 0.298. The third-order valence-corrected chi connectivity index (χ3v) is 5.10. The maximum atomic E-state index is 13.0. The number of hydrogen-bond acceptors (Lipinski definition) is 4. The van der Waals surface area contributed by atoms with Gasteiger partial charge in [0.1, 0.15) is 11.4 Å². The molecule has 3 rings (SSSR count). The summed E-state index contributed by atoms with van der Waals surface area (Å²) in [6.07, 6.45) is 1.63. The quantitative estimate of drug-likeness (QED) is 0.559. The molecule has 3 aromatic rings. The van der Waals surface area contributed by atoms with Crippen LogP contribution in [0.4, 0.5) is 5.69 Å². The van der Waals surface area contributed by atoms with E-state index in [0.717, 1.165) is 41.0 Å². The Morgan fingerprint density at radius 3 is 2.20 bits per heavy atom. The molecule has 0 spiro atoms. The average molecular weight is 405 g/mol. The number of Topliss-reactive ketones (excluding diaryl/α,β-unsaturated/α-hetero) is 1. The zero-order valence-electron chi connectivity index (χ0n) is 17.9. The van der Waals surface area contributed by atoms with Gasteiger partial charge in [0.2, 0.25) is 0 Å². The molecular formula is C24H27N3O3. The van der Waals surface area contributed by atoms with E-state index in [1.807, 2.05) is 42.5 Å². The van der Waals surface area contributed by atoms with Crippen LogP contribution in [0.15, 0.2) is 48.5 Å².